The lowest BCUT2D eigenvalue weighted by Crippen LogP contribution is -2.40. The van der Waals surface area contributed by atoms with Gasteiger partial charge in [0.25, 0.3) is 5.91 Å². The summed E-state index contributed by atoms with van der Waals surface area (Å²) < 4.78 is 0.990. The second-order valence-corrected chi connectivity index (χ2v) is 7.54. The largest absolute Gasteiger partial charge is 0.349 e. The number of carbonyl (C=O) groups excluding carboxylic acids is 2. The van der Waals surface area contributed by atoms with E-state index < -0.39 is 6.04 Å². The number of rotatable bonds is 6. The summed E-state index contributed by atoms with van der Waals surface area (Å²) in [5, 5.41) is 7.70. The Morgan fingerprint density at radius 1 is 1.00 bits per heavy atom. The molecule has 0 saturated carbocycles. The van der Waals surface area contributed by atoms with Crippen LogP contribution in [0.1, 0.15) is 26.8 Å². The molecule has 0 aliphatic carbocycles. The highest BCUT2D eigenvalue weighted by Gasteiger charge is 2.23. The summed E-state index contributed by atoms with van der Waals surface area (Å²) in [6.45, 7) is 0.416. The molecular formula is C20H17BrN2O2S. The third-order valence-electron chi connectivity index (χ3n) is 3.77. The van der Waals surface area contributed by atoms with E-state index in [1.54, 1.807) is 35.6 Å². The number of nitrogens with one attached hydrogen (secondary N) is 2. The molecule has 4 nitrogen and oxygen atoms in total. The van der Waals surface area contributed by atoms with Crippen molar-refractivity contribution in [2.75, 3.05) is 0 Å². The Bertz CT molecular complexity index is 881. The van der Waals surface area contributed by atoms with Crippen LogP contribution in [0.15, 0.2) is 76.6 Å². The third kappa shape index (κ3) is 4.80. The van der Waals surface area contributed by atoms with Gasteiger partial charge < -0.3 is 10.6 Å². The number of amides is 2. The van der Waals surface area contributed by atoms with E-state index in [0.29, 0.717) is 12.1 Å². The molecule has 132 valence electrons. The Labute approximate surface area is 164 Å². The van der Waals surface area contributed by atoms with E-state index in [1.165, 1.54) is 0 Å². The highest BCUT2D eigenvalue weighted by molar-refractivity contribution is 9.10. The standard InChI is InChI=1S/C20H17BrN2O2S/c21-16-11-17(26-13-16)12-22-20(25)18(14-7-3-1-4-8-14)23-19(24)15-9-5-2-6-10-15/h1-11,13,18H,12H2,(H,22,25)(H,23,24). The molecule has 2 N–H and O–H groups in total. The van der Waals surface area contributed by atoms with Crippen molar-refractivity contribution in [3.05, 3.63) is 92.6 Å². The first-order valence-corrected chi connectivity index (χ1v) is 9.72. The Balaban J connectivity index is 1.74. The summed E-state index contributed by atoms with van der Waals surface area (Å²) in [7, 11) is 0. The highest BCUT2D eigenvalue weighted by atomic mass is 79.9. The number of thiophene rings is 1. The van der Waals surface area contributed by atoms with Gasteiger partial charge in [-0.3, -0.25) is 9.59 Å². The zero-order valence-electron chi connectivity index (χ0n) is 13.8. The monoisotopic (exact) mass is 428 g/mol. The molecular weight excluding hydrogens is 412 g/mol. The summed E-state index contributed by atoms with van der Waals surface area (Å²) >= 11 is 4.97. The van der Waals surface area contributed by atoms with Gasteiger partial charge in [0, 0.05) is 20.3 Å². The fourth-order valence-electron chi connectivity index (χ4n) is 2.47. The first-order chi connectivity index (χ1) is 12.6. The van der Waals surface area contributed by atoms with Crippen LogP contribution in [-0.4, -0.2) is 11.8 Å². The molecule has 1 unspecified atom stereocenters. The molecule has 0 bridgehead atoms. The van der Waals surface area contributed by atoms with Gasteiger partial charge in [-0.2, -0.15) is 0 Å². The smallest absolute Gasteiger partial charge is 0.252 e. The van der Waals surface area contributed by atoms with E-state index in [2.05, 4.69) is 26.6 Å². The Hall–Kier alpha value is -2.44. The minimum Gasteiger partial charge on any atom is -0.349 e. The number of hydrogen-bond acceptors (Lipinski definition) is 3. The van der Waals surface area contributed by atoms with E-state index in [-0.39, 0.29) is 11.8 Å². The van der Waals surface area contributed by atoms with Gasteiger partial charge in [0.15, 0.2) is 0 Å². The lowest BCUT2D eigenvalue weighted by atomic mass is 10.1. The molecule has 2 aromatic carbocycles. The van der Waals surface area contributed by atoms with Gasteiger partial charge in [0.2, 0.25) is 5.91 Å². The van der Waals surface area contributed by atoms with E-state index in [4.69, 9.17) is 0 Å². The quantitative estimate of drug-likeness (QED) is 0.614. The van der Waals surface area contributed by atoms with Gasteiger partial charge in [-0.1, -0.05) is 48.5 Å². The Morgan fingerprint density at radius 3 is 2.27 bits per heavy atom. The second-order valence-electron chi connectivity index (χ2n) is 5.63. The van der Waals surface area contributed by atoms with Gasteiger partial charge in [-0.25, -0.2) is 0 Å². The van der Waals surface area contributed by atoms with Crippen LogP contribution in [0.2, 0.25) is 0 Å². The predicted octanol–water partition coefficient (Wildman–Crippen LogP) is 4.30. The van der Waals surface area contributed by atoms with Crippen LogP contribution in [0.25, 0.3) is 0 Å². The van der Waals surface area contributed by atoms with Gasteiger partial charge in [0.1, 0.15) is 6.04 Å². The summed E-state index contributed by atoms with van der Waals surface area (Å²) in [6.07, 6.45) is 0. The van der Waals surface area contributed by atoms with E-state index in [1.807, 2.05) is 47.8 Å². The highest BCUT2D eigenvalue weighted by Crippen LogP contribution is 2.20. The van der Waals surface area contributed by atoms with E-state index in [0.717, 1.165) is 14.9 Å². The van der Waals surface area contributed by atoms with Crippen molar-refractivity contribution in [1.82, 2.24) is 10.6 Å². The Kier molecular flexibility index (Phi) is 6.20. The average Bonchev–Trinajstić information content (AvgIpc) is 3.10. The SMILES string of the molecule is O=C(NC(C(=O)NCc1cc(Br)cs1)c1ccccc1)c1ccccc1. The Morgan fingerprint density at radius 2 is 1.65 bits per heavy atom. The molecule has 0 aliphatic heterocycles. The summed E-state index contributed by atoms with van der Waals surface area (Å²) in [4.78, 5) is 26.3. The topological polar surface area (TPSA) is 58.2 Å². The fourth-order valence-corrected chi connectivity index (χ4v) is 3.86. The van der Waals surface area contributed by atoms with Gasteiger partial charge >= 0.3 is 0 Å². The zero-order chi connectivity index (χ0) is 18.4. The van der Waals surface area contributed by atoms with Crippen molar-refractivity contribution in [2.45, 2.75) is 12.6 Å². The predicted molar refractivity (Wildman–Crippen MR) is 107 cm³/mol. The van der Waals surface area contributed by atoms with Crippen LogP contribution in [0.4, 0.5) is 0 Å². The molecule has 1 atom stereocenters. The van der Waals surface area contributed by atoms with Crippen LogP contribution in [-0.2, 0) is 11.3 Å². The van der Waals surface area contributed by atoms with Gasteiger partial charge in [0.05, 0.1) is 6.54 Å². The van der Waals surface area contributed by atoms with Crippen molar-refractivity contribution in [1.29, 1.82) is 0 Å². The molecule has 3 rings (SSSR count). The van der Waals surface area contributed by atoms with Crippen molar-refractivity contribution < 1.29 is 9.59 Å². The number of halogens is 1. The third-order valence-corrected chi connectivity index (χ3v) is 5.46. The number of carbonyl (C=O) groups is 2. The summed E-state index contributed by atoms with van der Waals surface area (Å²) in [5.41, 5.74) is 1.25. The van der Waals surface area contributed by atoms with Gasteiger partial charge in [-0.05, 0) is 39.7 Å². The van der Waals surface area contributed by atoms with Crippen LogP contribution in [0.5, 0.6) is 0 Å². The van der Waals surface area contributed by atoms with Crippen LogP contribution in [0.3, 0.4) is 0 Å². The second kappa shape index (κ2) is 8.78. The number of benzene rings is 2. The van der Waals surface area contributed by atoms with Crippen molar-refractivity contribution in [3.63, 3.8) is 0 Å². The molecule has 0 aliphatic rings. The van der Waals surface area contributed by atoms with Crippen molar-refractivity contribution >= 4 is 39.1 Å². The lowest BCUT2D eigenvalue weighted by molar-refractivity contribution is -0.123. The van der Waals surface area contributed by atoms with Gasteiger partial charge in [-0.15, -0.1) is 11.3 Å². The minimum absolute atomic E-state index is 0.245. The average molecular weight is 429 g/mol. The summed E-state index contributed by atoms with van der Waals surface area (Å²) in [5.74, 6) is -0.529. The lowest BCUT2D eigenvalue weighted by Gasteiger charge is -2.19. The molecule has 2 amide bonds. The van der Waals surface area contributed by atoms with Crippen LogP contribution in [0, 0.1) is 0 Å². The van der Waals surface area contributed by atoms with Crippen LogP contribution >= 0.6 is 27.3 Å². The fraction of sp³-hybridized carbons (Fsp3) is 0.100. The maximum absolute atomic E-state index is 12.8. The maximum atomic E-state index is 12.8. The van der Waals surface area contributed by atoms with E-state index >= 15 is 0 Å². The first-order valence-electron chi connectivity index (χ1n) is 8.05. The molecule has 1 heterocycles. The van der Waals surface area contributed by atoms with Crippen molar-refractivity contribution in [2.24, 2.45) is 0 Å². The molecule has 1 aromatic heterocycles. The molecule has 0 spiro atoms. The number of hydrogen-bond donors (Lipinski definition) is 2. The van der Waals surface area contributed by atoms with E-state index in [9.17, 15) is 9.59 Å². The molecule has 0 fully saturated rings. The summed E-state index contributed by atoms with van der Waals surface area (Å²) in [6, 6.07) is 19.3. The maximum Gasteiger partial charge on any atom is 0.252 e. The molecule has 3 aromatic rings. The van der Waals surface area contributed by atoms with Crippen molar-refractivity contribution in [3.8, 4) is 0 Å². The molecule has 26 heavy (non-hydrogen) atoms. The normalized spacial score (nSPS) is 11.6. The zero-order valence-corrected chi connectivity index (χ0v) is 16.2. The molecule has 6 heteroatoms. The molecule has 0 saturated heterocycles. The molecule has 0 radical (unpaired) electrons. The minimum atomic E-state index is -0.757. The van der Waals surface area contributed by atoms with Crippen LogP contribution < -0.4 is 10.6 Å². The first kappa shape index (κ1) is 18.4.